The Morgan fingerprint density at radius 2 is 2.00 bits per heavy atom. The number of rotatable bonds is 4. The van der Waals surface area contributed by atoms with Gasteiger partial charge in [0.2, 0.25) is 0 Å². The molecule has 0 atom stereocenters. The van der Waals surface area contributed by atoms with Crippen molar-refractivity contribution in [2.24, 2.45) is 15.9 Å². The van der Waals surface area contributed by atoms with Crippen LogP contribution in [0.4, 0.5) is 0 Å². The van der Waals surface area contributed by atoms with Gasteiger partial charge in [-0.05, 0) is 82.5 Å². The maximum atomic E-state index is 8.65. The number of aliphatic imine (C=N–C) groups is 2. The van der Waals surface area contributed by atoms with Crippen molar-refractivity contribution in [2.75, 3.05) is 20.1 Å². The highest BCUT2D eigenvalue weighted by Crippen LogP contribution is 2.33. The van der Waals surface area contributed by atoms with Gasteiger partial charge in [-0.2, -0.15) is 0 Å². The molecule has 0 aromatic rings. The molecule has 0 aromatic heterocycles. The Labute approximate surface area is 185 Å². The summed E-state index contributed by atoms with van der Waals surface area (Å²) in [5.41, 5.74) is 7.04. The van der Waals surface area contributed by atoms with Crippen LogP contribution in [-0.4, -0.2) is 47.2 Å². The first-order chi connectivity index (χ1) is 14.9. The van der Waals surface area contributed by atoms with Crippen molar-refractivity contribution in [3.05, 3.63) is 71.1 Å². The minimum Gasteiger partial charge on any atom is -0.358 e. The number of amidine groups is 1. The molecule has 1 saturated heterocycles. The Hall–Kier alpha value is -2.99. The van der Waals surface area contributed by atoms with Gasteiger partial charge in [-0.15, -0.1) is 0 Å². The van der Waals surface area contributed by atoms with Crippen LogP contribution >= 0.6 is 0 Å². The van der Waals surface area contributed by atoms with Crippen molar-refractivity contribution in [3.8, 4) is 0 Å². The fourth-order valence-corrected chi connectivity index (χ4v) is 4.37. The maximum Gasteiger partial charge on any atom is 0.140 e. The fourth-order valence-electron chi connectivity index (χ4n) is 4.37. The second kappa shape index (κ2) is 8.63. The van der Waals surface area contributed by atoms with Crippen LogP contribution in [-0.2, 0) is 0 Å². The molecular weight excluding hydrogens is 384 g/mol. The van der Waals surface area contributed by atoms with Crippen molar-refractivity contribution < 1.29 is 0 Å². The fraction of sp³-hybridized carbons (Fsp3) is 0.400. The summed E-state index contributed by atoms with van der Waals surface area (Å²) in [5.74, 6) is 1.44. The van der Waals surface area contributed by atoms with Gasteiger partial charge in [-0.3, -0.25) is 10.4 Å². The standard InChI is InChI=1S/C25H32N6/c1-6-22-24(27-14-17(3)28-22)13-21(26)23-12-18(4)31-15-20(11-16(2)25(31)29-23)19-7-9-30(5)10-8-19/h11-15,19,26-27H,4,6-10H2,1-3,5H3/b24-13-,26-21?. The van der Waals surface area contributed by atoms with E-state index in [1.54, 1.807) is 0 Å². The van der Waals surface area contributed by atoms with Crippen molar-refractivity contribution in [3.63, 3.8) is 0 Å². The Balaban J connectivity index is 1.56. The van der Waals surface area contributed by atoms with E-state index in [1.165, 1.54) is 18.4 Å². The van der Waals surface area contributed by atoms with Crippen LogP contribution in [0.1, 0.15) is 40.0 Å². The molecule has 4 aliphatic heterocycles. The number of hydrogen-bond acceptors (Lipinski definition) is 6. The molecule has 0 radical (unpaired) electrons. The van der Waals surface area contributed by atoms with E-state index in [4.69, 9.17) is 10.4 Å². The van der Waals surface area contributed by atoms with Gasteiger partial charge in [0.15, 0.2) is 0 Å². The second-order valence-corrected chi connectivity index (χ2v) is 8.67. The molecule has 4 aliphatic rings. The maximum absolute atomic E-state index is 8.65. The first-order valence-electron chi connectivity index (χ1n) is 11.0. The second-order valence-electron chi connectivity index (χ2n) is 8.67. The molecule has 0 bridgehead atoms. The zero-order chi connectivity index (χ0) is 22.1. The average molecular weight is 417 g/mol. The summed E-state index contributed by atoms with van der Waals surface area (Å²) in [7, 11) is 2.19. The molecule has 0 aromatic carbocycles. The van der Waals surface area contributed by atoms with Crippen LogP contribution in [0.3, 0.4) is 0 Å². The molecule has 1 fully saturated rings. The number of piperidine rings is 1. The van der Waals surface area contributed by atoms with Gasteiger partial charge in [0, 0.05) is 18.1 Å². The highest BCUT2D eigenvalue weighted by Gasteiger charge is 2.28. The summed E-state index contributed by atoms with van der Waals surface area (Å²) >= 11 is 0. The lowest BCUT2D eigenvalue weighted by molar-refractivity contribution is 0.239. The molecule has 2 N–H and O–H groups in total. The molecule has 31 heavy (non-hydrogen) atoms. The van der Waals surface area contributed by atoms with Gasteiger partial charge in [-0.1, -0.05) is 19.6 Å². The number of likely N-dealkylation sites (tertiary alicyclic amines) is 1. The number of allylic oxidation sites excluding steroid dienone is 6. The normalized spacial score (nSPS) is 23.8. The quantitative estimate of drug-likeness (QED) is 0.663. The zero-order valence-electron chi connectivity index (χ0n) is 19.0. The molecular formula is C25H32N6. The molecule has 4 heterocycles. The number of nitrogens with one attached hydrogen (secondary N) is 2. The van der Waals surface area contributed by atoms with E-state index in [-0.39, 0.29) is 0 Å². The Kier molecular flexibility index (Phi) is 5.92. The molecule has 0 spiro atoms. The minimum absolute atomic E-state index is 0.350. The van der Waals surface area contributed by atoms with Gasteiger partial charge in [0.25, 0.3) is 0 Å². The lowest BCUT2D eigenvalue weighted by atomic mass is 9.87. The monoisotopic (exact) mass is 416 g/mol. The molecule has 6 heteroatoms. The molecule has 4 rings (SSSR count). The molecule has 0 saturated carbocycles. The largest absolute Gasteiger partial charge is 0.358 e. The smallest absolute Gasteiger partial charge is 0.140 e. The first kappa shape index (κ1) is 21.2. The molecule has 0 aliphatic carbocycles. The number of nitrogens with zero attached hydrogens (tertiary/aromatic N) is 4. The summed E-state index contributed by atoms with van der Waals surface area (Å²) in [4.78, 5) is 13.9. The molecule has 0 unspecified atom stereocenters. The van der Waals surface area contributed by atoms with Crippen molar-refractivity contribution in [1.29, 1.82) is 5.41 Å². The highest BCUT2D eigenvalue weighted by molar-refractivity contribution is 6.15. The topological polar surface area (TPSA) is 67.1 Å². The van der Waals surface area contributed by atoms with Crippen LogP contribution in [0.2, 0.25) is 0 Å². The van der Waals surface area contributed by atoms with Crippen molar-refractivity contribution in [2.45, 2.75) is 40.0 Å². The van der Waals surface area contributed by atoms with Crippen LogP contribution in [0.5, 0.6) is 0 Å². The average Bonchev–Trinajstić information content (AvgIpc) is 2.75. The van der Waals surface area contributed by atoms with E-state index < -0.39 is 0 Å². The Morgan fingerprint density at radius 1 is 1.26 bits per heavy atom. The van der Waals surface area contributed by atoms with Crippen LogP contribution in [0, 0.1) is 11.3 Å². The summed E-state index contributed by atoms with van der Waals surface area (Å²) in [6.45, 7) is 12.7. The Bertz CT molecular complexity index is 1020. The van der Waals surface area contributed by atoms with E-state index in [2.05, 4.69) is 59.9 Å². The third kappa shape index (κ3) is 4.39. The van der Waals surface area contributed by atoms with Gasteiger partial charge in [0.05, 0.1) is 28.5 Å². The molecule has 162 valence electrons. The molecule has 0 amide bonds. The van der Waals surface area contributed by atoms with Crippen LogP contribution in [0.15, 0.2) is 81.1 Å². The van der Waals surface area contributed by atoms with Gasteiger partial charge in [0.1, 0.15) is 5.84 Å². The minimum atomic E-state index is 0.350. The van der Waals surface area contributed by atoms with E-state index in [9.17, 15) is 0 Å². The lowest BCUT2D eigenvalue weighted by Crippen LogP contribution is -2.35. The van der Waals surface area contributed by atoms with Crippen molar-refractivity contribution in [1.82, 2.24) is 15.1 Å². The SMILES string of the molecule is C=C1C=C(C(=N)/C=C2\NC=C(C)N=C2CC)N=C2C(C)=CC(C3CCN(C)CC3)=CN12. The predicted octanol–water partition coefficient (Wildman–Crippen LogP) is 4.50. The first-order valence-corrected chi connectivity index (χ1v) is 11.0. The van der Waals surface area contributed by atoms with Crippen molar-refractivity contribution >= 4 is 17.3 Å². The number of fused-ring (bicyclic) bond motifs is 1. The molecule has 6 nitrogen and oxygen atoms in total. The summed E-state index contributed by atoms with van der Waals surface area (Å²) in [6, 6.07) is 0. The lowest BCUT2D eigenvalue weighted by Gasteiger charge is -2.35. The van der Waals surface area contributed by atoms with Crippen LogP contribution < -0.4 is 5.32 Å². The zero-order valence-corrected chi connectivity index (χ0v) is 19.0. The van der Waals surface area contributed by atoms with E-state index >= 15 is 0 Å². The Morgan fingerprint density at radius 3 is 2.71 bits per heavy atom. The van der Waals surface area contributed by atoms with Gasteiger partial charge in [-0.25, -0.2) is 4.99 Å². The van der Waals surface area contributed by atoms with Gasteiger partial charge >= 0.3 is 0 Å². The van der Waals surface area contributed by atoms with Gasteiger partial charge < -0.3 is 15.1 Å². The van der Waals surface area contributed by atoms with Crippen LogP contribution in [0.25, 0.3) is 0 Å². The third-order valence-electron chi connectivity index (χ3n) is 6.23. The summed E-state index contributed by atoms with van der Waals surface area (Å²) in [6.07, 6.45) is 13.2. The summed E-state index contributed by atoms with van der Waals surface area (Å²) < 4.78 is 0. The van der Waals surface area contributed by atoms with E-state index in [1.807, 2.05) is 25.3 Å². The third-order valence-corrected chi connectivity index (χ3v) is 6.23. The van der Waals surface area contributed by atoms with E-state index in [0.717, 1.165) is 53.7 Å². The van der Waals surface area contributed by atoms with E-state index in [0.29, 0.717) is 17.3 Å². The predicted molar refractivity (Wildman–Crippen MR) is 129 cm³/mol. The summed E-state index contributed by atoms with van der Waals surface area (Å²) in [5, 5.41) is 11.9. The number of hydrogen-bond donors (Lipinski definition) is 2. The highest BCUT2D eigenvalue weighted by atomic mass is 15.2.